The number of amides is 2. The van der Waals surface area contributed by atoms with E-state index in [0.717, 1.165) is 12.0 Å². The monoisotopic (exact) mass is 296 g/mol. The molecule has 1 fully saturated rings. The Balaban J connectivity index is 2.01. The number of carbonyl (C=O) groups excluding carboxylic acids is 1. The number of aliphatic hydroxyl groups excluding tert-OH is 1. The molecule has 3 N–H and O–H groups in total. The highest BCUT2D eigenvalue weighted by molar-refractivity contribution is 6.30. The van der Waals surface area contributed by atoms with Gasteiger partial charge in [-0.25, -0.2) is 4.79 Å². The van der Waals surface area contributed by atoms with Gasteiger partial charge in [-0.2, -0.15) is 0 Å². The van der Waals surface area contributed by atoms with Crippen molar-refractivity contribution >= 4 is 17.6 Å². The normalized spacial score (nSPS) is 23.8. The van der Waals surface area contributed by atoms with Crippen molar-refractivity contribution in [2.45, 2.75) is 32.4 Å². The Bertz CT molecular complexity index is 461. The molecule has 2 rings (SSSR count). The average Bonchev–Trinajstić information content (AvgIpc) is 3.11. The number of benzene rings is 1. The van der Waals surface area contributed by atoms with Gasteiger partial charge in [0.1, 0.15) is 0 Å². The molecule has 110 valence electrons. The van der Waals surface area contributed by atoms with E-state index in [1.165, 1.54) is 0 Å². The van der Waals surface area contributed by atoms with E-state index in [9.17, 15) is 9.90 Å². The molecule has 1 saturated carbocycles. The Kier molecular flexibility index (Phi) is 4.89. The SMILES string of the molecule is C[C@@H]1C[C@H]1[C@H](NC(=O)NC[C@@H](C)O)c1ccc(Cl)cc1. The summed E-state index contributed by atoms with van der Waals surface area (Å²) in [5.41, 5.74) is 1.07. The fraction of sp³-hybridized carbons (Fsp3) is 0.533. The fourth-order valence-electron chi connectivity index (χ4n) is 2.36. The van der Waals surface area contributed by atoms with Crippen LogP contribution in [0.2, 0.25) is 5.02 Å². The molecule has 1 aliphatic carbocycles. The van der Waals surface area contributed by atoms with Gasteiger partial charge >= 0.3 is 6.03 Å². The van der Waals surface area contributed by atoms with Gasteiger partial charge in [-0.05, 0) is 42.9 Å². The van der Waals surface area contributed by atoms with Crippen molar-refractivity contribution in [1.29, 1.82) is 0 Å². The van der Waals surface area contributed by atoms with E-state index in [0.29, 0.717) is 16.9 Å². The van der Waals surface area contributed by atoms with E-state index in [4.69, 9.17) is 11.6 Å². The predicted molar refractivity (Wildman–Crippen MR) is 79.7 cm³/mol. The molecule has 0 bridgehead atoms. The van der Waals surface area contributed by atoms with E-state index in [1.54, 1.807) is 6.92 Å². The predicted octanol–water partition coefficient (Wildman–Crippen LogP) is 2.72. The van der Waals surface area contributed by atoms with Crippen LogP contribution in [-0.4, -0.2) is 23.8 Å². The smallest absolute Gasteiger partial charge is 0.315 e. The summed E-state index contributed by atoms with van der Waals surface area (Å²) in [6.45, 7) is 4.07. The van der Waals surface area contributed by atoms with Gasteiger partial charge in [-0.1, -0.05) is 30.7 Å². The highest BCUT2D eigenvalue weighted by atomic mass is 35.5. The lowest BCUT2D eigenvalue weighted by molar-refractivity contribution is 0.186. The minimum absolute atomic E-state index is 0.00346. The quantitative estimate of drug-likeness (QED) is 0.782. The summed E-state index contributed by atoms with van der Waals surface area (Å²) in [6.07, 6.45) is 0.568. The standard InChI is InChI=1S/C15H21ClN2O2/c1-9-7-13(9)14(11-3-5-12(16)6-4-11)18-15(20)17-8-10(2)19/h3-6,9-10,13-14,19H,7-8H2,1-2H3,(H2,17,18,20)/t9-,10-,13-,14-/m1/s1. The van der Waals surface area contributed by atoms with Crippen molar-refractivity contribution in [2.24, 2.45) is 11.8 Å². The molecule has 20 heavy (non-hydrogen) atoms. The van der Waals surface area contributed by atoms with Gasteiger partial charge in [0.25, 0.3) is 0 Å². The first-order chi connectivity index (χ1) is 9.47. The van der Waals surface area contributed by atoms with Crippen LogP contribution >= 0.6 is 11.6 Å². The van der Waals surface area contributed by atoms with Gasteiger partial charge in [0.2, 0.25) is 0 Å². The molecule has 1 aromatic carbocycles. The van der Waals surface area contributed by atoms with Crippen LogP contribution in [0.3, 0.4) is 0 Å². The zero-order chi connectivity index (χ0) is 14.7. The molecule has 0 aromatic heterocycles. The highest BCUT2D eigenvalue weighted by Gasteiger charge is 2.40. The molecule has 5 heteroatoms. The van der Waals surface area contributed by atoms with Crippen LogP contribution in [0.5, 0.6) is 0 Å². The zero-order valence-electron chi connectivity index (χ0n) is 11.8. The third-order valence-electron chi connectivity index (χ3n) is 3.67. The summed E-state index contributed by atoms with van der Waals surface area (Å²) in [5.74, 6) is 1.08. The number of carbonyl (C=O) groups is 1. The third kappa shape index (κ3) is 4.12. The van der Waals surface area contributed by atoms with Crippen LogP contribution in [0, 0.1) is 11.8 Å². The molecule has 2 amide bonds. The zero-order valence-corrected chi connectivity index (χ0v) is 12.5. The first kappa shape index (κ1) is 15.1. The molecule has 1 aliphatic rings. The molecule has 0 heterocycles. The van der Waals surface area contributed by atoms with E-state index in [2.05, 4.69) is 17.6 Å². The second-order valence-electron chi connectivity index (χ2n) is 5.61. The Morgan fingerprint density at radius 2 is 2.05 bits per heavy atom. The Labute approximate surface area is 124 Å². The number of nitrogens with one attached hydrogen (secondary N) is 2. The number of hydrogen-bond donors (Lipinski definition) is 3. The lowest BCUT2D eigenvalue weighted by Crippen LogP contribution is -2.41. The van der Waals surface area contributed by atoms with Crippen LogP contribution in [0.1, 0.15) is 31.9 Å². The van der Waals surface area contributed by atoms with Crippen LogP contribution in [0.4, 0.5) is 4.79 Å². The first-order valence-electron chi connectivity index (χ1n) is 6.95. The molecule has 0 radical (unpaired) electrons. The van der Waals surface area contributed by atoms with Gasteiger partial charge in [0, 0.05) is 11.6 Å². The Morgan fingerprint density at radius 3 is 2.55 bits per heavy atom. The maximum absolute atomic E-state index is 11.9. The first-order valence-corrected chi connectivity index (χ1v) is 7.33. The second-order valence-corrected chi connectivity index (χ2v) is 6.05. The minimum atomic E-state index is -0.547. The summed E-state index contributed by atoms with van der Waals surface area (Å²) in [7, 11) is 0. The van der Waals surface area contributed by atoms with Gasteiger partial charge in [0.05, 0.1) is 12.1 Å². The van der Waals surface area contributed by atoms with E-state index < -0.39 is 6.10 Å². The lowest BCUT2D eigenvalue weighted by atomic mass is 10.0. The number of rotatable bonds is 5. The molecule has 4 atom stereocenters. The summed E-state index contributed by atoms with van der Waals surface area (Å²) >= 11 is 5.90. The van der Waals surface area contributed by atoms with Crippen LogP contribution in [0.25, 0.3) is 0 Å². The maximum Gasteiger partial charge on any atom is 0.315 e. The molecule has 1 aromatic rings. The Morgan fingerprint density at radius 1 is 1.45 bits per heavy atom. The van der Waals surface area contributed by atoms with Gasteiger partial charge in [-0.15, -0.1) is 0 Å². The molecule has 0 unspecified atom stereocenters. The van der Waals surface area contributed by atoms with Gasteiger partial charge < -0.3 is 15.7 Å². The van der Waals surface area contributed by atoms with Crippen molar-refractivity contribution in [1.82, 2.24) is 10.6 Å². The number of halogens is 1. The van der Waals surface area contributed by atoms with Crippen molar-refractivity contribution in [3.05, 3.63) is 34.9 Å². The molecular formula is C15H21ClN2O2. The molecule has 0 spiro atoms. The largest absolute Gasteiger partial charge is 0.392 e. The second kappa shape index (κ2) is 6.46. The molecule has 4 nitrogen and oxygen atoms in total. The van der Waals surface area contributed by atoms with E-state index >= 15 is 0 Å². The maximum atomic E-state index is 11.9. The molecule has 0 aliphatic heterocycles. The topological polar surface area (TPSA) is 61.4 Å². The molecular weight excluding hydrogens is 276 g/mol. The third-order valence-corrected chi connectivity index (χ3v) is 3.93. The summed E-state index contributed by atoms with van der Waals surface area (Å²) in [5, 5.41) is 15.5. The average molecular weight is 297 g/mol. The van der Waals surface area contributed by atoms with Crippen molar-refractivity contribution in [3.63, 3.8) is 0 Å². The van der Waals surface area contributed by atoms with Crippen molar-refractivity contribution in [2.75, 3.05) is 6.54 Å². The van der Waals surface area contributed by atoms with Crippen molar-refractivity contribution in [3.8, 4) is 0 Å². The van der Waals surface area contributed by atoms with Crippen molar-refractivity contribution < 1.29 is 9.90 Å². The summed E-state index contributed by atoms with van der Waals surface area (Å²) in [6, 6.07) is 7.33. The summed E-state index contributed by atoms with van der Waals surface area (Å²) in [4.78, 5) is 11.9. The van der Waals surface area contributed by atoms with Gasteiger partial charge in [0.15, 0.2) is 0 Å². The van der Waals surface area contributed by atoms with Crippen LogP contribution in [-0.2, 0) is 0 Å². The lowest BCUT2D eigenvalue weighted by Gasteiger charge is -2.20. The highest BCUT2D eigenvalue weighted by Crippen LogP contribution is 2.47. The minimum Gasteiger partial charge on any atom is -0.392 e. The molecule has 0 saturated heterocycles. The van der Waals surface area contributed by atoms with Crippen LogP contribution < -0.4 is 10.6 Å². The van der Waals surface area contributed by atoms with E-state index in [1.807, 2.05) is 24.3 Å². The number of aliphatic hydroxyl groups is 1. The van der Waals surface area contributed by atoms with E-state index in [-0.39, 0.29) is 18.6 Å². The fourth-order valence-corrected chi connectivity index (χ4v) is 2.48. The number of urea groups is 1. The van der Waals surface area contributed by atoms with Crippen LogP contribution in [0.15, 0.2) is 24.3 Å². The summed E-state index contributed by atoms with van der Waals surface area (Å²) < 4.78 is 0. The van der Waals surface area contributed by atoms with Gasteiger partial charge in [-0.3, -0.25) is 0 Å². The number of hydrogen-bond acceptors (Lipinski definition) is 2. The Hall–Kier alpha value is -1.26.